The van der Waals surface area contributed by atoms with Crippen molar-refractivity contribution in [1.29, 1.82) is 0 Å². The molecule has 25 heavy (non-hydrogen) atoms. The Labute approximate surface area is 155 Å². The van der Waals surface area contributed by atoms with E-state index in [1.54, 1.807) is 11.8 Å². The molecule has 0 radical (unpaired) electrons. The fraction of sp³-hybridized carbons (Fsp3) is 0.100. The van der Waals surface area contributed by atoms with Crippen LogP contribution >= 0.6 is 23.4 Å². The summed E-state index contributed by atoms with van der Waals surface area (Å²) < 4.78 is 2.11. The largest absolute Gasteiger partial charge is 0.295 e. The van der Waals surface area contributed by atoms with Gasteiger partial charge in [0.15, 0.2) is 5.65 Å². The molecule has 0 N–H and O–H groups in total. The summed E-state index contributed by atoms with van der Waals surface area (Å²) in [5, 5.41) is 1.60. The van der Waals surface area contributed by atoms with Gasteiger partial charge in [0.05, 0.1) is 17.6 Å². The molecule has 0 spiro atoms. The van der Waals surface area contributed by atoms with E-state index in [1.807, 2.05) is 42.9 Å². The minimum Gasteiger partial charge on any atom is -0.295 e. The zero-order chi connectivity index (χ0) is 17.4. The standard InChI is InChI=1S/C20H16ClN3S/c1-13-6-8-14(9-7-13)18-11-22-19-20(25-2)23-17(12-24(18)19)15-4-3-5-16(21)10-15/h3-12H,1-2H3. The van der Waals surface area contributed by atoms with Crippen LogP contribution in [0.15, 0.2) is 66.0 Å². The molecule has 5 heteroatoms. The molecule has 0 saturated heterocycles. The van der Waals surface area contributed by atoms with E-state index >= 15 is 0 Å². The van der Waals surface area contributed by atoms with Crippen molar-refractivity contribution in [2.75, 3.05) is 6.26 Å². The predicted molar refractivity (Wildman–Crippen MR) is 105 cm³/mol. The maximum absolute atomic E-state index is 6.16. The van der Waals surface area contributed by atoms with Crippen LogP contribution in [0, 0.1) is 6.92 Å². The Bertz CT molecular complexity index is 1050. The number of thioether (sulfide) groups is 1. The first-order chi connectivity index (χ1) is 12.2. The molecule has 4 rings (SSSR count). The summed E-state index contributed by atoms with van der Waals surface area (Å²) in [6.45, 7) is 2.09. The number of aromatic nitrogens is 3. The van der Waals surface area contributed by atoms with Crippen molar-refractivity contribution < 1.29 is 0 Å². The van der Waals surface area contributed by atoms with Gasteiger partial charge in [-0.05, 0) is 25.3 Å². The first kappa shape index (κ1) is 16.2. The highest BCUT2D eigenvalue weighted by atomic mass is 35.5. The van der Waals surface area contributed by atoms with Crippen LogP contribution in [0.3, 0.4) is 0 Å². The topological polar surface area (TPSA) is 30.2 Å². The van der Waals surface area contributed by atoms with Gasteiger partial charge in [0, 0.05) is 22.3 Å². The zero-order valence-corrected chi connectivity index (χ0v) is 15.5. The van der Waals surface area contributed by atoms with Crippen LogP contribution in [0.1, 0.15) is 5.56 Å². The van der Waals surface area contributed by atoms with Crippen LogP contribution in [0.5, 0.6) is 0 Å². The summed E-state index contributed by atoms with van der Waals surface area (Å²) in [7, 11) is 0. The molecule has 2 aromatic heterocycles. The van der Waals surface area contributed by atoms with Gasteiger partial charge in [0.25, 0.3) is 0 Å². The summed E-state index contributed by atoms with van der Waals surface area (Å²) in [6, 6.07) is 16.2. The summed E-state index contributed by atoms with van der Waals surface area (Å²) in [6.07, 6.45) is 5.95. The second-order valence-electron chi connectivity index (χ2n) is 5.85. The summed E-state index contributed by atoms with van der Waals surface area (Å²) in [4.78, 5) is 9.37. The number of rotatable bonds is 3. The van der Waals surface area contributed by atoms with E-state index in [4.69, 9.17) is 16.6 Å². The van der Waals surface area contributed by atoms with Crippen molar-refractivity contribution in [3.8, 4) is 22.5 Å². The quantitative estimate of drug-likeness (QED) is 0.433. The molecule has 124 valence electrons. The van der Waals surface area contributed by atoms with Crippen LogP contribution < -0.4 is 0 Å². The van der Waals surface area contributed by atoms with Crippen molar-refractivity contribution in [3.63, 3.8) is 0 Å². The molecule has 0 aliphatic heterocycles. The molecule has 0 fully saturated rings. The number of nitrogens with zero attached hydrogens (tertiary/aromatic N) is 3. The lowest BCUT2D eigenvalue weighted by Crippen LogP contribution is -1.96. The van der Waals surface area contributed by atoms with E-state index in [1.165, 1.54) is 5.56 Å². The molecular weight excluding hydrogens is 350 g/mol. The van der Waals surface area contributed by atoms with Crippen molar-refractivity contribution >= 4 is 29.0 Å². The third-order valence-corrected chi connectivity index (χ3v) is 5.02. The van der Waals surface area contributed by atoms with E-state index in [2.05, 4.69) is 40.6 Å². The maximum Gasteiger partial charge on any atom is 0.170 e. The zero-order valence-electron chi connectivity index (χ0n) is 13.9. The summed E-state index contributed by atoms with van der Waals surface area (Å²) in [5.41, 5.74) is 6.17. The van der Waals surface area contributed by atoms with Gasteiger partial charge >= 0.3 is 0 Å². The van der Waals surface area contributed by atoms with Gasteiger partial charge in [-0.2, -0.15) is 0 Å². The molecule has 0 bridgehead atoms. The highest BCUT2D eigenvalue weighted by Gasteiger charge is 2.13. The number of benzene rings is 2. The fourth-order valence-electron chi connectivity index (χ4n) is 2.82. The SMILES string of the molecule is CSc1nc(-c2cccc(Cl)c2)cn2c(-c3ccc(C)cc3)cnc12. The van der Waals surface area contributed by atoms with Crippen molar-refractivity contribution in [2.24, 2.45) is 0 Å². The smallest absolute Gasteiger partial charge is 0.170 e. The Kier molecular flexibility index (Phi) is 4.24. The molecule has 0 atom stereocenters. The Hall–Kier alpha value is -2.30. The minimum atomic E-state index is 0.703. The van der Waals surface area contributed by atoms with Crippen molar-refractivity contribution in [2.45, 2.75) is 11.9 Å². The van der Waals surface area contributed by atoms with Crippen LogP contribution in [0.2, 0.25) is 5.02 Å². The van der Waals surface area contributed by atoms with Gasteiger partial charge < -0.3 is 0 Å². The molecule has 3 nitrogen and oxygen atoms in total. The Balaban J connectivity index is 1.95. The monoisotopic (exact) mass is 365 g/mol. The third kappa shape index (κ3) is 3.03. The van der Waals surface area contributed by atoms with E-state index in [-0.39, 0.29) is 0 Å². The lowest BCUT2D eigenvalue weighted by molar-refractivity contribution is 1.04. The average molecular weight is 366 g/mol. The Morgan fingerprint density at radius 1 is 1.04 bits per heavy atom. The highest BCUT2D eigenvalue weighted by Crippen LogP contribution is 2.29. The van der Waals surface area contributed by atoms with Crippen molar-refractivity contribution in [1.82, 2.24) is 14.4 Å². The number of fused-ring (bicyclic) bond motifs is 1. The minimum absolute atomic E-state index is 0.703. The first-order valence-corrected chi connectivity index (χ1v) is 9.51. The van der Waals surface area contributed by atoms with Gasteiger partial charge in [-0.15, -0.1) is 11.8 Å². The number of aryl methyl sites for hydroxylation is 1. The van der Waals surface area contributed by atoms with Crippen LogP contribution in [0.4, 0.5) is 0 Å². The molecule has 0 amide bonds. The Morgan fingerprint density at radius 2 is 1.84 bits per heavy atom. The molecule has 2 heterocycles. The van der Waals surface area contributed by atoms with Crippen molar-refractivity contribution in [3.05, 3.63) is 71.5 Å². The average Bonchev–Trinajstić information content (AvgIpc) is 3.05. The molecule has 4 aromatic rings. The lowest BCUT2D eigenvalue weighted by atomic mass is 10.1. The number of imidazole rings is 1. The molecule has 0 aliphatic carbocycles. The van der Waals surface area contributed by atoms with Gasteiger partial charge in [-0.1, -0.05) is 53.6 Å². The predicted octanol–water partition coefficient (Wildman–Crippen LogP) is 5.75. The second kappa shape index (κ2) is 6.54. The summed E-state index contributed by atoms with van der Waals surface area (Å²) >= 11 is 7.75. The van der Waals surface area contributed by atoms with E-state index < -0.39 is 0 Å². The van der Waals surface area contributed by atoms with E-state index in [9.17, 15) is 0 Å². The Morgan fingerprint density at radius 3 is 2.56 bits per heavy atom. The second-order valence-corrected chi connectivity index (χ2v) is 7.08. The van der Waals surface area contributed by atoms with Crippen LogP contribution in [0.25, 0.3) is 28.2 Å². The van der Waals surface area contributed by atoms with Crippen LogP contribution in [-0.4, -0.2) is 20.6 Å². The first-order valence-electron chi connectivity index (χ1n) is 7.91. The fourth-order valence-corrected chi connectivity index (χ4v) is 3.54. The third-order valence-electron chi connectivity index (χ3n) is 4.12. The number of hydrogen-bond donors (Lipinski definition) is 0. The molecule has 0 aliphatic rings. The van der Waals surface area contributed by atoms with E-state index in [0.29, 0.717) is 5.02 Å². The molecule has 2 aromatic carbocycles. The highest BCUT2D eigenvalue weighted by molar-refractivity contribution is 7.98. The number of halogens is 1. The molecular formula is C20H16ClN3S. The lowest BCUT2D eigenvalue weighted by Gasteiger charge is -2.09. The normalized spacial score (nSPS) is 11.2. The molecule has 0 saturated carbocycles. The van der Waals surface area contributed by atoms with Crippen LogP contribution in [-0.2, 0) is 0 Å². The molecule has 0 unspecified atom stereocenters. The van der Waals surface area contributed by atoms with Gasteiger partial charge in [-0.25, -0.2) is 9.97 Å². The van der Waals surface area contributed by atoms with Gasteiger partial charge in [0.2, 0.25) is 0 Å². The van der Waals surface area contributed by atoms with Gasteiger partial charge in [0.1, 0.15) is 5.03 Å². The summed E-state index contributed by atoms with van der Waals surface area (Å²) in [5.74, 6) is 0. The van der Waals surface area contributed by atoms with E-state index in [0.717, 1.165) is 33.2 Å². The van der Waals surface area contributed by atoms with Gasteiger partial charge in [-0.3, -0.25) is 4.40 Å². The number of hydrogen-bond acceptors (Lipinski definition) is 3. The maximum atomic E-state index is 6.16.